The Labute approximate surface area is 193 Å². The van der Waals surface area contributed by atoms with Crippen molar-refractivity contribution < 1.29 is 33.6 Å². The standard InChI is InChI=1S/C25H29NO7/c1-15(2)33-18-8-6-7-16(13-18)22-21(24(28)25(29)26(22)11-12-30-3)23(27)19-14-17(31-4)9-10-20(19)32-5/h6-10,13-15,22,27H,11-12H2,1-5H3/b23-21+. The van der Waals surface area contributed by atoms with Gasteiger partial charge in [-0.05, 0) is 49.7 Å². The van der Waals surface area contributed by atoms with Crippen LogP contribution in [0, 0.1) is 0 Å². The van der Waals surface area contributed by atoms with Crippen molar-refractivity contribution in [2.75, 3.05) is 34.5 Å². The third-order valence-electron chi connectivity index (χ3n) is 5.28. The molecule has 2 aromatic carbocycles. The van der Waals surface area contributed by atoms with Crippen LogP contribution in [0.3, 0.4) is 0 Å². The van der Waals surface area contributed by atoms with Crippen LogP contribution in [0.5, 0.6) is 17.2 Å². The molecule has 0 saturated carbocycles. The van der Waals surface area contributed by atoms with Crippen LogP contribution in [0.15, 0.2) is 48.0 Å². The van der Waals surface area contributed by atoms with E-state index >= 15 is 0 Å². The summed E-state index contributed by atoms with van der Waals surface area (Å²) in [5.41, 5.74) is 0.845. The average Bonchev–Trinajstić information content (AvgIpc) is 3.06. The van der Waals surface area contributed by atoms with Gasteiger partial charge >= 0.3 is 0 Å². The van der Waals surface area contributed by atoms with Crippen LogP contribution in [-0.4, -0.2) is 62.3 Å². The molecule has 0 aliphatic carbocycles. The van der Waals surface area contributed by atoms with Crippen LogP contribution in [0.4, 0.5) is 0 Å². The van der Waals surface area contributed by atoms with E-state index in [1.807, 2.05) is 13.8 Å². The van der Waals surface area contributed by atoms with E-state index in [-0.39, 0.29) is 36.2 Å². The van der Waals surface area contributed by atoms with Crippen LogP contribution in [-0.2, 0) is 14.3 Å². The molecule has 1 aliphatic rings. The Morgan fingerprint density at radius 1 is 1.03 bits per heavy atom. The van der Waals surface area contributed by atoms with Crippen molar-refractivity contribution in [3.05, 3.63) is 59.2 Å². The van der Waals surface area contributed by atoms with Crippen LogP contribution in [0.1, 0.15) is 31.0 Å². The van der Waals surface area contributed by atoms with Crippen molar-refractivity contribution >= 4 is 17.4 Å². The fourth-order valence-corrected chi connectivity index (χ4v) is 3.82. The van der Waals surface area contributed by atoms with E-state index in [0.717, 1.165) is 0 Å². The highest BCUT2D eigenvalue weighted by molar-refractivity contribution is 6.46. The molecule has 1 atom stereocenters. The second-order valence-corrected chi connectivity index (χ2v) is 7.79. The molecule has 1 fully saturated rings. The lowest BCUT2D eigenvalue weighted by molar-refractivity contribution is -0.140. The number of carbonyl (C=O) groups is 2. The number of carbonyl (C=O) groups excluding carboxylic acids is 2. The first-order valence-electron chi connectivity index (χ1n) is 10.6. The van der Waals surface area contributed by atoms with Gasteiger partial charge < -0.3 is 29.0 Å². The third kappa shape index (κ3) is 4.96. The number of methoxy groups -OCH3 is 3. The van der Waals surface area contributed by atoms with Crippen LogP contribution >= 0.6 is 0 Å². The largest absolute Gasteiger partial charge is 0.507 e. The molecule has 2 aromatic rings. The molecule has 176 valence electrons. The Morgan fingerprint density at radius 2 is 1.79 bits per heavy atom. The molecule has 1 aliphatic heterocycles. The number of rotatable bonds is 9. The second-order valence-electron chi connectivity index (χ2n) is 7.79. The number of amides is 1. The van der Waals surface area contributed by atoms with Crippen molar-refractivity contribution in [1.29, 1.82) is 0 Å². The Kier molecular flexibility index (Phi) is 7.60. The Balaban J connectivity index is 2.22. The van der Waals surface area contributed by atoms with Gasteiger partial charge in [0.2, 0.25) is 0 Å². The van der Waals surface area contributed by atoms with Gasteiger partial charge in [0.1, 0.15) is 23.0 Å². The smallest absolute Gasteiger partial charge is 0.295 e. The van der Waals surface area contributed by atoms with Gasteiger partial charge in [0.15, 0.2) is 0 Å². The molecule has 0 spiro atoms. The Bertz CT molecular complexity index is 1060. The lowest BCUT2D eigenvalue weighted by atomic mass is 9.94. The van der Waals surface area contributed by atoms with Crippen LogP contribution in [0.2, 0.25) is 0 Å². The van der Waals surface area contributed by atoms with Gasteiger partial charge in [0.05, 0.1) is 44.1 Å². The summed E-state index contributed by atoms with van der Waals surface area (Å²) in [7, 11) is 4.47. The number of aliphatic hydroxyl groups is 1. The normalized spacial score (nSPS) is 17.5. The van der Waals surface area contributed by atoms with E-state index in [0.29, 0.717) is 22.8 Å². The topological polar surface area (TPSA) is 94.5 Å². The maximum atomic E-state index is 13.1. The SMILES string of the molecule is COCCN1C(=O)C(=O)/C(=C(/O)c2cc(OC)ccc2OC)C1c1cccc(OC(C)C)c1. The van der Waals surface area contributed by atoms with Gasteiger partial charge in [-0.2, -0.15) is 0 Å². The molecule has 1 N–H and O–H groups in total. The summed E-state index contributed by atoms with van der Waals surface area (Å²) < 4.78 is 21.6. The molecule has 0 aromatic heterocycles. The maximum absolute atomic E-state index is 13.1. The summed E-state index contributed by atoms with van der Waals surface area (Å²) in [5, 5.41) is 11.3. The zero-order chi connectivity index (χ0) is 24.1. The van der Waals surface area contributed by atoms with Gasteiger partial charge in [-0.1, -0.05) is 12.1 Å². The van der Waals surface area contributed by atoms with Crippen molar-refractivity contribution in [3.63, 3.8) is 0 Å². The number of hydrogen-bond acceptors (Lipinski definition) is 7. The van der Waals surface area contributed by atoms with Crippen molar-refractivity contribution in [2.45, 2.75) is 26.0 Å². The van der Waals surface area contributed by atoms with Gasteiger partial charge in [-0.25, -0.2) is 0 Å². The van der Waals surface area contributed by atoms with E-state index in [1.54, 1.807) is 42.5 Å². The summed E-state index contributed by atoms with van der Waals surface area (Å²) in [6.45, 7) is 4.22. The van der Waals surface area contributed by atoms with E-state index < -0.39 is 17.7 Å². The summed E-state index contributed by atoms with van der Waals surface area (Å²) in [5.74, 6) is -0.436. The molecule has 33 heavy (non-hydrogen) atoms. The zero-order valence-corrected chi connectivity index (χ0v) is 19.5. The molecule has 1 unspecified atom stereocenters. The lowest BCUT2D eigenvalue weighted by Gasteiger charge is -2.25. The number of ketones is 1. The second kappa shape index (κ2) is 10.4. The number of nitrogens with zero attached hydrogens (tertiary/aromatic N) is 1. The number of benzene rings is 2. The number of aliphatic hydroxyl groups excluding tert-OH is 1. The number of ether oxygens (including phenoxy) is 4. The average molecular weight is 456 g/mol. The van der Waals surface area contributed by atoms with Gasteiger partial charge in [0, 0.05) is 13.7 Å². The monoisotopic (exact) mass is 455 g/mol. The summed E-state index contributed by atoms with van der Waals surface area (Å²) in [6, 6.07) is 11.2. The minimum atomic E-state index is -0.827. The Morgan fingerprint density at radius 3 is 2.42 bits per heavy atom. The molecular formula is C25H29NO7. The minimum Gasteiger partial charge on any atom is -0.507 e. The zero-order valence-electron chi connectivity index (χ0n) is 19.5. The molecule has 8 nitrogen and oxygen atoms in total. The van der Waals surface area contributed by atoms with Crippen molar-refractivity contribution in [2.24, 2.45) is 0 Å². The summed E-state index contributed by atoms with van der Waals surface area (Å²) >= 11 is 0. The van der Waals surface area contributed by atoms with Crippen molar-refractivity contribution in [3.8, 4) is 17.2 Å². The quantitative estimate of drug-likeness (QED) is 0.351. The molecule has 1 heterocycles. The van der Waals surface area contributed by atoms with Gasteiger partial charge in [0.25, 0.3) is 11.7 Å². The molecule has 3 rings (SSSR count). The van der Waals surface area contributed by atoms with E-state index in [2.05, 4.69) is 0 Å². The lowest BCUT2D eigenvalue weighted by Crippen LogP contribution is -2.32. The van der Waals surface area contributed by atoms with Crippen molar-refractivity contribution in [1.82, 2.24) is 4.90 Å². The summed E-state index contributed by atoms with van der Waals surface area (Å²) in [4.78, 5) is 27.5. The predicted molar refractivity (Wildman–Crippen MR) is 123 cm³/mol. The minimum absolute atomic E-state index is 0.0376. The number of likely N-dealkylation sites (tertiary alicyclic amines) is 1. The fraction of sp³-hybridized carbons (Fsp3) is 0.360. The first-order chi connectivity index (χ1) is 15.8. The molecule has 1 saturated heterocycles. The molecule has 8 heteroatoms. The van der Waals surface area contributed by atoms with E-state index in [1.165, 1.54) is 26.2 Å². The van der Waals surface area contributed by atoms with E-state index in [9.17, 15) is 14.7 Å². The van der Waals surface area contributed by atoms with Gasteiger partial charge in [-0.15, -0.1) is 0 Å². The molecule has 1 amide bonds. The first kappa shape index (κ1) is 24.1. The maximum Gasteiger partial charge on any atom is 0.295 e. The molecule has 0 radical (unpaired) electrons. The third-order valence-corrected chi connectivity index (χ3v) is 5.28. The van der Waals surface area contributed by atoms with E-state index in [4.69, 9.17) is 18.9 Å². The number of Topliss-reactive ketones (excluding diaryl/α,β-unsaturated/α-hetero) is 1. The number of hydrogen-bond donors (Lipinski definition) is 1. The fourth-order valence-electron chi connectivity index (χ4n) is 3.82. The van der Waals surface area contributed by atoms with Crippen LogP contribution in [0.25, 0.3) is 5.76 Å². The molecular weight excluding hydrogens is 426 g/mol. The summed E-state index contributed by atoms with van der Waals surface area (Å²) in [6.07, 6.45) is -0.0545. The highest BCUT2D eigenvalue weighted by Crippen LogP contribution is 2.42. The first-order valence-corrected chi connectivity index (χ1v) is 10.6. The highest BCUT2D eigenvalue weighted by Gasteiger charge is 2.46. The predicted octanol–water partition coefficient (Wildman–Crippen LogP) is 3.56. The van der Waals surface area contributed by atoms with Gasteiger partial charge in [-0.3, -0.25) is 9.59 Å². The van der Waals surface area contributed by atoms with Crippen LogP contribution < -0.4 is 14.2 Å². The molecule has 0 bridgehead atoms. The Hall–Kier alpha value is -3.52. The highest BCUT2D eigenvalue weighted by atomic mass is 16.5.